The highest BCUT2D eigenvalue weighted by Gasteiger charge is 2.53. The van der Waals surface area contributed by atoms with Gasteiger partial charge in [0.25, 0.3) is 0 Å². The van der Waals surface area contributed by atoms with Gasteiger partial charge >= 0.3 is 0 Å². The van der Waals surface area contributed by atoms with Crippen molar-refractivity contribution in [1.82, 2.24) is 10.0 Å². The molecule has 0 aromatic rings. The van der Waals surface area contributed by atoms with Crippen LogP contribution in [0.2, 0.25) is 0 Å². The molecule has 0 atom stereocenters. The molecule has 2 saturated carbocycles. The Labute approximate surface area is 105 Å². The molecule has 17 heavy (non-hydrogen) atoms. The van der Waals surface area contributed by atoms with Crippen molar-refractivity contribution in [1.29, 1.82) is 0 Å². The van der Waals surface area contributed by atoms with E-state index in [1.54, 1.807) is 0 Å². The lowest BCUT2D eigenvalue weighted by Crippen LogP contribution is -2.33. The number of nitrogens with one attached hydrogen (secondary N) is 2. The van der Waals surface area contributed by atoms with E-state index in [2.05, 4.69) is 10.0 Å². The van der Waals surface area contributed by atoms with Gasteiger partial charge in [-0.1, -0.05) is 0 Å². The molecule has 2 aliphatic rings. The molecule has 100 valence electrons. The third-order valence-electron chi connectivity index (χ3n) is 4.07. The molecule has 0 unspecified atom stereocenters. The van der Waals surface area contributed by atoms with Crippen molar-refractivity contribution in [3.8, 4) is 0 Å². The highest BCUT2D eigenvalue weighted by atomic mass is 32.2. The van der Waals surface area contributed by atoms with Gasteiger partial charge in [0, 0.05) is 6.54 Å². The average Bonchev–Trinajstić information content (AvgIpc) is 3.15. The lowest BCUT2D eigenvalue weighted by Gasteiger charge is -2.15. The van der Waals surface area contributed by atoms with Crippen molar-refractivity contribution in [2.75, 3.05) is 25.9 Å². The number of sulfonamides is 1. The first-order valence-corrected chi connectivity index (χ1v) is 8.35. The number of hydrogen-bond acceptors (Lipinski definition) is 3. The standard InChI is InChI=1S/C12H24N2O2S/c1-13-8-2-3-9-17(15,16)14-10-12(6-7-12)11-4-5-11/h11,13-14H,2-10H2,1H3. The van der Waals surface area contributed by atoms with Gasteiger partial charge in [0.1, 0.15) is 0 Å². The van der Waals surface area contributed by atoms with E-state index >= 15 is 0 Å². The Hall–Kier alpha value is -0.130. The van der Waals surface area contributed by atoms with Crippen molar-refractivity contribution < 1.29 is 8.42 Å². The molecule has 2 fully saturated rings. The van der Waals surface area contributed by atoms with Crippen LogP contribution in [0.25, 0.3) is 0 Å². The SMILES string of the molecule is CNCCCCS(=O)(=O)NCC1(C2CC2)CC1. The van der Waals surface area contributed by atoms with Gasteiger partial charge in [0.2, 0.25) is 10.0 Å². The topological polar surface area (TPSA) is 58.2 Å². The molecular weight excluding hydrogens is 236 g/mol. The average molecular weight is 260 g/mol. The summed E-state index contributed by atoms with van der Waals surface area (Å²) < 4.78 is 26.4. The summed E-state index contributed by atoms with van der Waals surface area (Å²) in [6.45, 7) is 1.58. The fourth-order valence-electron chi connectivity index (χ4n) is 2.51. The largest absolute Gasteiger partial charge is 0.320 e. The maximum Gasteiger partial charge on any atom is 0.211 e. The van der Waals surface area contributed by atoms with E-state index in [4.69, 9.17) is 0 Å². The Kier molecular flexibility index (Phi) is 4.10. The number of hydrogen-bond donors (Lipinski definition) is 2. The summed E-state index contributed by atoms with van der Waals surface area (Å²) >= 11 is 0. The molecule has 4 nitrogen and oxygen atoms in total. The van der Waals surface area contributed by atoms with Gasteiger partial charge in [-0.25, -0.2) is 13.1 Å². The van der Waals surface area contributed by atoms with E-state index in [9.17, 15) is 8.42 Å². The van der Waals surface area contributed by atoms with Crippen LogP contribution in [0.1, 0.15) is 38.5 Å². The van der Waals surface area contributed by atoms with Crippen LogP contribution in [0.15, 0.2) is 0 Å². The molecule has 0 bridgehead atoms. The van der Waals surface area contributed by atoms with Crippen molar-refractivity contribution >= 4 is 10.0 Å². The molecule has 0 heterocycles. The maximum absolute atomic E-state index is 11.8. The van der Waals surface area contributed by atoms with Crippen LogP contribution in [0.3, 0.4) is 0 Å². The normalized spacial score (nSPS) is 22.6. The first-order chi connectivity index (χ1) is 8.08. The lowest BCUT2D eigenvalue weighted by atomic mass is 10.0. The third-order valence-corrected chi connectivity index (χ3v) is 5.48. The summed E-state index contributed by atoms with van der Waals surface area (Å²) in [7, 11) is -1.15. The minimum absolute atomic E-state index is 0.273. The first-order valence-electron chi connectivity index (χ1n) is 6.70. The monoisotopic (exact) mass is 260 g/mol. The minimum atomic E-state index is -3.04. The van der Waals surface area contributed by atoms with E-state index in [1.165, 1.54) is 25.7 Å². The predicted molar refractivity (Wildman–Crippen MR) is 69.3 cm³/mol. The lowest BCUT2D eigenvalue weighted by molar-refractivity contribution is 0.431. The molecule has 2 N–H and O–H groups in total. The molecule has 0 spiro atoms. The molecule has 5 heteroatoms. The molecular formula is C12H24N2O2S. The van der Waals surface area contributed by atoms with Crippen LogP contribution in [-0.4, -0.2) is 34.3 Å². The van der Waals surface area contributed by atoms with Gasteiger partial charge in [-0.2, -0.15) is 0 Å². The van der Waals surface area contributed by atoms with Crippen LogP contribution in [-0.2, 0) is 10.0 Å². The molecule has 0 radical (unpaired) electrons. The van der Waals surface area contributed by atoms with E-state index in [0.29, 0.717) is 12.0 Å². The summed E-state index contributed by atoms with van der Waals surface area (Å²) in [6.07, 6.45) is 6.73. The van der Waals surface area contributed by atoms with Crippen LogP contribution in [0, 0.1) is 11.3 Å². The van der Waals surface area contributed by atoms with E-state index in [-0.39, 0.29) is 5.75 Å². The molecule has 0 amide bonds. The Morgan fingerprint density at radius 3 is 2.47 bits per heavy atom. The molecule has 0 aromatic carbocycles. The zero-order valence-electron chi connectivity index (χ0n) is 10.7. The van der Waals surface area contributed by atoms with Crippen LogP contribution in [0.4, 0.5) is 0 Å². The third kappa shape index (κ3) is 3.93. The summed E-state index contributed by atoms with van der Waals surface area (Å²) in [5.74, 6) is 1.09. The molecule has 2 aliphatic carbocycles. The van der Waals surface area contributed by atoms with Crippen molar-refractivity contribution in [3.63, 3.8) is 0 Å². The maximum atomic E-state index is 11.8. The van der Waals surface area contributed by atoms with E-state index < -0.39 is 10.0 Å². The van der Waals surface area contributed by atoms with Crippen LogP contribution >= 0.6 is 0 Å². The highest BCUT2D eigenvalue weighted by Crippen LogP contribution is 2.60. The molecule has 2 rings (SSSR count). The van der Waals surface area contributed by atoms with Crippen LogP contribution in [0.5, 0.6) is 0 Å². The molecule has 0 aliphatic heterocycles. The second-order valence-electron chi connectivity index (χ2n) is 5.59. The first kappa shape index (κ1) is 13.3. The molecule has 0 aromatic heterocycles. The van der Waals surface area contributed by atoms with Crippen molar-refractivity contribution in [2.24, 2.45) is 11.3 Å². The van der Waals surface area contributed by atoms with E-state index in [1.807, 2.05) is 7.05 Å². The van der Waals surface area contributed by atoms with Gasteiger partial charge in [-0.15, -0.1) is 0 Å². The number of rotatable bonds is 9. The second kappa shape index (κ2) is 5.24. The van der Waals surface area contributed by atoms with Gasteiger partial charge in [-0.05, 0) is 63.5 Å². The van der Waals surface area contributed by atoms with Gasteiger partial charge in [0.15, 0.2) is 0 Å². The molecule has 0 saturated heterocycles. The fourth-order valence-corrected chi connectivity index (χ4v) is 3.74. The fraction of sp³-hybridized carbons (Fsp3) is 1.00. The zero-order valence-corrected chi connectivity index (χ0v) is 11.5. The van der Waals surface area contributed by atoms with Gasteiger partial charge < -0.3 is 5.32 Å². The Bertz CT molecular complexity index is 346. The van der Waals surface area contributed by atoms with Gasteiger partial charge in [-0.3, -0.25) is 0 Å². The summed E-state index contributed by atoms with van der Waals surface area (Å²) in [6, 6.07) is 0. The number of unbranched alkanes of at least 4 members (excludes halogenated alkanes) is 1. The summed E-state index contributed by atoms with van der Waals surface area (Å²) in [5, 5.41) is 3.03. The van der Waals surface area contributed by atoms with Crippen molar-refractivity contribution in [2.45, 2.75) is 38.5 Å². The summed E-state index contributed by atoms with van der Waals surface area (Å²) in [4.78, 5) is 0. The smallest absolute Gasteiger partial charge is 0.211 e. The quantitative estimate of drug-likeness (QED) is 0.610. The Morgan fingerprint density at radius 2 is 1.94 bits per heavy atom. The predicted octanol–water partition coefficient (Wildman–Crippen LogP) is 1.10. The highest BCUT2D eigenvalue weighted by molar-refractivity contribution is 7.89. The van der Waals surface area contributed by atoms with E-state index in [0.717, 1.165) is 25.3 Å². The Balaban J connectivity index is 1.66. The minimum Gasteiger partial charge on any atom is -0.320 e. The Morgan fingerprint density at radius 1 is 1.24 bits per heavy atom. The second-order valence-corrected chi connectivity index (χ2v) is 7.51. The van der Waals surface area contributed by atoms with Gasteiger partial charge in [0.05, 0.1) is 5.75 Å². The van der Waals surface area contributed by atoms with Crippen LogP contribution < -0.4 is 10.0 Å². The zero-order chi connectivity index (χ0) is 12.4. The summed E-state index contributed by atoms with van der Waals surface area (Å²) in [5.41, 5.74) is 0.359. The van der Waals surface area contributed by atoms with Crippen molar-refractivity contribution in [3.05, 3.63) is 0 Å².